The van der Waals surface area contributed by atoms with E-state index in [0.717, 1.165) is 38.2 Å². The quantitative estimate of drug-likeness (QED) is 0.748. The van der Waals surface area contributed by atoms with Gasteiger partial charge in [-0.3, -0.25) is 4.79 Å². The second-order valence-corrected chi connectivity index (χ2v) is 8.57. The molecular formula is C20H25N4O2S+. The van der Waals surface area contributed by atoms with Crippen molar-refractivity contribution in [3.8, 4) is 0 Å². The van der Waals surface area contributed by atoms with E-state index in [-0.39, 0.29) is 11.8 Å². The Morgan fingerprint density at radius 2 is 2.04 bits per heavy atom. The van der Waals surface area contributed by atoms with Gasteiger partial charge >= 0.3 is 0 Å². The standard InChI is InChI=1S/C20H24N4O2S/c1-13(2)19-18(14(3)22-26-19)20(25)24-10-8-23(9-11-24)12-17-21-15-6-4-5-7-16(15)27-17/h4-7,13H,8-12H2,1-3H3/p+1. The molecule has 142 valence electrons. The largest absolute Gasteiger partial charge is 0.360 e. The number of hydrogen-bond acceptors (Lipinski definition) is 5. The Hall–Kier alpha value is -2.25. The number of quaternary nitrogens is 1. The number of benzene rings is 1. The first kappa shape index (κ1) is 18.1. The summed E-state index contributed by atoms with van der Waals surface area (Å²) in [5.41, 5.74) is 2.42. The van der Waals surface area contributed by atoms with E-state index in [0.29, 0.717) is 17.0 Å². The Kier molecular flexibility index (Phi) is 4.97. The third-order valence-electron chi connectivity index (χ3n) is 5.12. The average Bonchev–Trinajstić information content (AvgIpc) is 3.24. The number of piperazine rings is 1. The Balaban J connectivity index is 1.40. The molecule has 1 amide bonds. The summed E-state index contributed by atoms with van der Waals surface area (Å²) in [5.74, 6) is 0.898. The zero-order chi connectivity index (χ0) is 19.0. The number of aromatic nitrogens is 2. The number of amides is 1. The summed E-state index contributed by atoms with van der Waals surface area (Å²) in [6, 6.07) is 8.27. The number of carbonyl (C=O) groups excluding carboxylic acids is 1. The van der Waals surface area contributed by atoms with Crippen LogP contribution < -0.4 is 4.90 Å². The summed E-state index contributed by atoms with van der Waals surface area (Å²) < 4.78 is 6.63. The first-order chi connectivity index (χ1) is 13.0. The van der Waals surface area contributed by atoms with E-state index in [1.54, 1.807) is 11.3 Å². The number of hydrogen-bond donors (Lipinski definition) is 1. The molecule has 3 aromatic rings. The van der Waals surface area contributed by atoms with Crippen molar-refractivity contribution in [1.82, 2.24) is 15.0 Å². The summed E-state index contributed by atoms with van der Waals surface area (Å²) in [6.07, 6.45) is 0. The maximum absolute atomic E-state index is 13.0. The van der Waals surface area contributed by atoms with Gasteiger partial charge in [-0.25, -0.2) is 4.98 Å². The molecule has 1 saturated heterocycles. The van der Waals surface area contributed by atoms with Crippen molar-refractivity contribution in [3.63, 3.8) is 0 Å². The normalized spacial score (nSPS) is 15.8. The number of para-hydroxylation sites is 1. The van der Waals surface area contributed by atoms with E-state index in [9.17, 15) is 4.79 Å². The van der Waals surface area contributed by atoms with Gasteiger partial charge in [0, 0.05) is 5.92 Å². The molecule has 0 atom stereocenters. The lowest BCUT2D eigenvalue weighted by atomic mass is 10.0. The van der Waals surface area contributed by atoms with Crippen LogP contribution in [-0.2, 0) is 6.54 Å². The lowest BCUT2D eigenvalue weighted by Gasteiger charge is -2.31. The minimum Gasteiger partial charge on any atom is -0.360 e. The molecule has 6 nitrogen and oxygen atoms in total. The third-order valence-corrected chi connectivity index (χ3v) is 6.16. The summed E-state index contributed by atoms with van der Waals surface area (Å²) in [5, 5.41) is 5.18. The van der Waals surface area contributed by atoms with Crippen LogP contribution in [0.4, 0.5) is 0 Å². The molecule has 7 heteroatoms. The molecule has 0 unspecified atom stereocenters. The molecule has 0 spiro atoms. The minimum atomic E-state index is 0.0523. The van der Waals surface area contributed by atoms with Crippen molar-refractivity contribution in [1.29, 1.82) is 0 Å². The summed E-state index contributed by atoms with van der Waals surface area (Å²) in [4.78, 5) is 21.2. The van der Waals surface area contributed by atoms with Gasteiger partial charge in [0.2, 0.25) is 0 Å². The Labute approximate surface area is 162 Å². The Bertz CT molecular complexity index is 921. The SMILES string of the molecule is Cc1noc(C(C)C)c1C(=O)N1CC[NH+](Cc2nc3ccccc3s2)CC1. The molecule has 27 heavy (non-hydrogen) atoms. The third kappa shape index (κ3) is 3.61. The number of nitrogens with zero attached hydrogens (tertiary/aromatic N) is 3. The van der Waals surface area contributed by atoms with Crippen LogP contribution in [0.1, 0.15) is 46.6 Å². The highest BCUT2D eigenvalue weighted by molar-refractivity contribution is 7.18. The number of thiazole rings is 1. The highest BCUT2D eigenvalue weighted by Gasteiger charge is 2.30. The fourth-order valence-electron chi connectivity index (χ4n) is 3.61. The molecule has 3 heterocycles. The molecule has 4 rings (SSSR count). The number of rotatable bonds is 4. The zero-order valence-electron chi connectivity index (χ0n) is 16.0. The molecule has 2 aromatic heterocycles. The molecule has 0 aliphatic carbocycles. The predicted molar refractivity (Wildman–Crippen MR) is 105 cm³/mol. The molecular weight excluding hydrogens is 360 g/mol. The molecule has 1 aromatic carbocycles. The lowest BCUT2D eigenvalue weighted by molar-refractivity contribution is -0.917. The molecule has 1 aliphatic rings. The van der Waals surface area contributed by atoms with Crippen molar-refractivity contribution < 1.29 is 14.2 Å². The molecule has 0 saturated carbocycles. The van der Waals surface area contributed by atoms with Gasteiger partial charge in [0.15, 0.2) is 5.76 Å². The van der Waals surface area contributed by atoms with E-state index in [1.165, 1.54) is 14.6 Å². The van der Waals surface area contributed by atoms with Crippen LogP contribution in [0.25, 0.3) is 10.2 Å². The zero-order valence-corrected chi connectivity index (χ0v) is 16.8. The number of fused-ring (bicyclic) bond motifs is 1. The first-order valence-electron chi connectivity index (χ1n) is 9.46. The van der Waals surface area contributed by atoms with Gasteiger partial charge in [0.05, 0.1) is 42.1 Å². The van der Waals surface area contributed by atoms with Crippen molar-refractivity contribution in [2.75, 3.05) is 26.2 Å². The Morgan fingerprint density at radius 3 is 2.74 bits per heavy atom. The van der Waals surface area contributed by atoms with E-state index < -0.39 is 0 Å². The van der Waals surface area contributed by atoms with Crippen LogP contribution >= 0.6 is 11.3 Å². The lowest BCUT2D eigenvalue weighted by Crippen LogP contribution is -3.13. The number of nitrogens with one attached hydrogen (secondary N) is 1. The van der Waals surface area contributed by atoms with Crippen LogP contribution in [0.15, 0.2) is 28.8 Å². The van der Waals surface area contributed by atoms with Gasteiger partial charge in [-0.2, -0.15) is 0 Å². The monoisotopic (exact) mass is 385 g/mol. The molecule has 0 radical (unpaired) electrons. The fraction of sp³-hybridized carbons (Fsp3) is 0.450. The number of carbonyl (C=O) groups is 1. The second-order valence-electron chi connectivity index (χ2n) is 7.46. The molecule has 1 fully saturated rings. The fourth-order valence-corrected chi connectivity index (χ4v) is 4.65. The maximum atomic E-state index is 13.0. The highest BCUT2D eigenvalue weighted by Crippen LogP contribution is 2.24. The molecule has 1 N–H and O–H groups in total. The van der Waals surface area contributed by atoms with E-state index >= 15 is 0 Å². The van der Waals surface area contributed by atoms with Crippen molar-refractivity contribution in [2.45, 2.75) is 33.2 Å². The predicted octanol–water partition coefficient (Wildman–Crippen LogP) is 2.26. The van der Waals surface area contributed by atoms with Crippen molar-refractivity contribution >= 4 is 27.5 Å². The topological polar surface area (TPSA) is 63.7 Å². The van der Waals surface area contributed by atoms with Crippen molar-refractivity contribution in [2.24, 2.45) is 0 Å². The molecule has 0 bridgehead atoms. The molecule has 1 aliphatic heterocycles. The summed E-state index contributed by atoms with van der Waals surface area (Å²) >= 11 is 1.77. The summed E-state index contributed by atoms with van der Waals surface area (Å²) in [7, 11) is 0. The first-order valence-corrected chi connectivity index (χ1v) is 10.3. The van der Waals surface area contributed by atoms with Gasteiger partial charge in [-0.1, -0.05) is 31.1 Å². The van der Waals surface area contributed by atoms with E-state index in [1.807, 2.05) is 31.7 Å². The smallest absolute Gasteiger partial charge is 0.259 e. The van der Waals surface area contributed by atoms with Crippen LogP contribution in [0, 0.1) is 6.92 Å². The van der Waals surface area contributed by atoms with E-state index in [4.69, 9.17) is 9.51 Å². The van der Waals surface area contributed by atoms with Crippen LogP contribution in [0.2, 0.25) is 0 Å². The second kappa shape index (κ2) is 7.40. The average molecular weight is 386 g/mol. The number of aryl methyl sites for hydroxylation is 1. The van der Waals surface area contributed by atoms with Crippen LogP contribution in [0.3, 0.4) is 0 Å². The van der Waals surface area contributed by atoms with Crippen LogP contribution in [0.5, 0.6) is 0 Å². The van der Waals surface area contributed by atoms with Gasteiger partial charge in [0.1, 0.15) is 17.1 Å². The van der Waals surface area contributed by atoms with Gasteiger partial charge in [0.25, 0.3) is 5.91 Å². The highest BCUT2D eigenvalue weighted by atomic mass is 32.1. The van der Waals surface area contributed by atoms with E-state index in [2.05, 4.69) is 23.4 Å². The van der Waals surface area contributed by atoms with Gasteiger partial charge < -0.3 is 14.3 Å². The van der Waals surface area contributed by atoms with Crippen molar-refractivity contribution in [3.05, 3.63) is 46.3 Å². The maximum Gasteiger partial charge on any atom is 0.259 e. The van der Waals surface area contributed by atoms with Gasteiger partial charge in [-0.05, 0) is 19.1 Å². The summed E-state index contributed by atoms with van der Waals surface area (Å²) in [6.45, 7) is 10.2. The Morgan fingerprint density at radius 1 is 1.30 bits per heavy atom. The van der Waals surface area contributed by atoms with Crippen LogP contribution in [-0.4, -0.2) is 47.1 Å². The minimum absolute atomic E-state index is 0.0523. The van der Waals surface area contributed by atoms with Gasteiger partial charge in [-0.15, -0.1) is 11.3 Å².